The first kappa shape index (κ1) is 23.7. The van der Waals surface area contributed by atoms with Crippen LogP contribution in [0.1, 0.15) is 72.6 Å². The molecule has 0 aromatic heterocycles. The van der Waals surface area contributed by atoms with Gasteiger partial charge in [0, 0.05) is 0 Å². The van der Waals surface area contributed by atoms with E-state index in [1.807, 2.05) is 0 Å². The van der Waals surface area contributed by atoms with Crippen LogP contribution in [0.25, 0.3) is 0 Å². The molecule has 0 radical (unpaired) electrons. The van der Waals surface area contributed by atoms with Gasteiger partial charge in [-0.2, -0.15) is 0 Å². The monoisotopic (exact) mass is 448 g/mol. The summed E-state index contributed by atoms with van der Waals surface area (Å²) >= 11 is -2.47. The van der Waals surface area contributed by atoms with Crippen LogP contribution < -0.4 is 0 Å². The Balaban J connectivity index is 5.32. The molecule has 0 saturated carbocycles. The first-order chi connectivity index (χ1) is 10.8. The zero-order chi connectivity index (χ0) is 17.9. The average Bonchev–Trinajstić information content (AvgIpc) is 2.50. The van der Waals surface area contributed by atoms with Gasteiger partial charge in [0.15, 0.2) is 0 Å². The van der Waals surface area contributed by atoms with Crippen molar-refractivity contribution in [2.45, 2.75) is 110 Å². The number of hydrogen-bond acceptors (Lipinski definition) is 1. The van der Waals surface area contributed by atoms with Gasteiger partial charge >= 0.3 is 153 Å². The topological polar surface area (TPSA) is 20.2 Å². The minimum absolute atomic E-state index is 0.0480. The Morgan fingerprint density at radius 1 is 0.913 bits per heavy atom. The predicted molar refractivity (Wildman–Crippen MR) is 113 cm³/mol. The normalized spacial score (nSPS) is 15.0. The van der Waals surface area contributed by atoms with Crippen LogP contribution in [0, 0.1) is 0 Å². The summed E-state index contributed by atoms with van der Waals surface area (Å²) in [4.78, 5) is 0. The summed E-state index contributed by atoms with van der Waals surface area (Å²) in [5.41, 5.74) is 0. The standard InChI is InChI=1S/C8H17OSi.3C4H9.Sn/c1-5-8(6-7-9)10(2,3)4;3*1-3-4-2;/h5,7,9H,6H2,1-4H3;3*1,3-4H2,2H3;/b8-5+;;;;. The van der Waals surface area contributed by atoms with Gasteiger partial charge in [0.25, 0.3) is 0 Å². The Morgan fingerprint density at radius 2 is 1.30 bits per heavy atom. The molecule has 0 aliphatic rings. The number of rotatable bonds is 13. The van der Waals surface area contributed by atoms with Crippen LogP contribution >= 0.6 is 0 Å². The van der Waals surface area contributed by atoms with Crippen LogP contribution in [0.4, 0.5) is 0 Å². The zero-order valence-electron chi connectivity index (χ0n) is 17.2. The van der Waals surface area contributed by atoms with Gasteiger partial charge in [-0.25, -0.2) is 0 Å². The fourth-order valence-corrected chi connectivity index (χ4v) is 21.9. The van der Waals surface area contributed by atoms with E-state index < -0.39 is 26.5 Å². The molecule has 0 amide bonds. The van der Waals surface area contributed by atoms with Crippen LogP contribution in [-0.4, -0.2) is 35.7 Å². The van der Waals surface area contributed by atoms with Gasteiger partial charge in [0.2, 0.25) is 0 Å². The molecular weight excluding hydrogens is 403 g/mol. The summed E-state index contributed by atoms with van der Waals surface area (Å²) in [6.07, 6.45) is 11.2. The molecule has 0 aromatic rings. The average molecular weight is 447 g/mol. The van der Waals surface area contributed by atoms with Gasteiger partial charge < -0.3 is 0 Å². The summed E-state index contributed by atoms with van der Waals surface area (Å²) in [6.45, 7) is 16.4. The molecule has 0 fully saturated rings. The number of aliphatic hydroxyl groups is 1. The maximum atomic E-state index is 11.4. The Labute approximate surface area is 152 Å². The quantitative estimate of drug-likeness (QED) is 0.303. The molecule has 0 heterocycles. The van der Waals surface area contributed by atoms with Gasteiger partial charge in [0.1, 0.15) is 0 Å². The number of unbranched alkanes of at least 4 members (excludes halogenated alkanes) is 3. The van der Waals surface area contributed by atoms with Crippen molar-refractivity contribution in [2.75, 3.05) is 0 Å². The van der Waals surface area contributed by atoms with Crippen molar-refractivity contribution < 1.29 is 5.11 Å². The van der Waals surface area contributed by atoms with Crippen molar-refractivity contribution in [1.29, 1.82) is 0 Å². The minimum atomic E-state index is -2.47. The molecule has 1 atom stereocenters. The van der Waals surface area contributed by atoms with Crippen molar-refractivity contribution in [3.8, 4) is 0 Å². The molecular formula is C20H44OSiSn. The molecule has 3 heteroatoms. The molecule has 1 N–H and O–H groups in total. The van der Waals surface area contributed by atoms with Crippen molar-refractivity contribution >= 4 is 26.5 Å². The van der Waals surface area contributed by atoms with Gasteiger partial charge in [0.05, 0.1) is 0 Å². The Bertz CT molecular complexity index is 311. The molecule has 0 aliphatic heterocycles. The Kier molecular flexibility index (Phi) is 12.5. The second-order valence-electron chi connectivity index (χ2n) is 8.46. The Morgan fingerprint density at radius 3 is 1.57 bits per heavy atom. The summed E-state index contributed by atoms with van der Waals surface area (Å²) in [5.74, 6) is 0. The molecule has 0 aromatic carbocycles. The fourth-order valence-electron chi connectivity index (χ4n) is 3.74. The molecule has 23 heavy (non-hydrogen) atoms. The van der Waals surface area contributed by atoms with Gasteiger partial charge in [-0.1, -0.05) is 0 Å². The predicted octanol–water partition coefficient (Wildman–Crippen LogP) is 6.95. The molecule has 1 nitrogen and oxygen atoms in total. The van der Waals surface area contributed by atoms with E-state index in [4.69, 9.17) is 0 Å². The number of aliphatic hydroxyl groups excluding tert-OH is 1. The molecule has 0 rings (SSSR count). The van der Waals surface area contributed by atoms with E-state index in [1.54, 1.807) is 5.20 Å². The van der Waals surface area contributed by atoms with Gasteiger partial charge in [-0.05, 0) is 0 Å². The maximum absolute atomic E-state index is 11.4. The number of hydrogen-bond donors (Lipinski definition) is 1. The van der Waals surface area contributed by atoms with Crippen LogP contribution in [0.3, 0.4) is 0 Å². The van der Waals surface area contributed by atoms with E-state index >= 15 is 0 Å². The van der Waals surface area contributed by atoms with E-state index in [0.717, 1.165) is 6.42 Å². The van der Waals surface area contributed by atoms with Gasteiger partial charge in [-0.15, -0.1) is 0 Å². The second kappa shape index (κ2) is 12.1. The van der Waals surface area contributed by atoms with E-state index in [-0.39, 0.29) is 4.12 Å². The summed E-state index contributed by atoms with van der Waals surface area (Å²) in [7, 11) is -1.29. The van der Waals surface area contributed by atoms with Gasteiger partial charge in [-0.3, -0.25) is 0 Å². The van der Waals surface area contributed by atoms with E-state index in [9.17, 15) is 5.11 Å². The van der Waals surface area contributed by atoms with E-state index in [2.05, 4.69) is 53.4 Å². The van der Waals surface area contributed by atoms with Crippen molar-refractivity contribution in [1.82, 2.24) is 0 Å². The summed E-state index contributed by atoms with van der Waals surface area (Å²) in [5, 5.41) is 13.0. The SMILES string of the molecule is C/C=C(\C[CH](O)[Sn]([CH2]CCC)([CH2]CCC)[CH2]CCC)[Si](C)(C)C. The third-order valence-corrected chi connectivity index (χ3v) is 24.1. The van der Waals surface area contributed by atoms with Crippen molar-refractivity contribution in [3.05, 3.63) is 11.3 Å². The Hall–Kier alpha value is 0.716. The van der Waals surface area contributed by atoms with Crippen LogP contribution in [0.2, 0.25) is 33.0 Å². The van der Waals surface area contributed by atoms with Crippen LogP contribution in [-0.2, 0) is 0 Å². The second-order valence-corrected chi connectivity index (χ2v) is 27.6. The molecule has 1 unspecified atom stereocenters. The first-order valence-electron chi connectivity index (χ1n) is 10.1. The summed E-state index contributed by atoms with van der Waals surface area (Å²) in [6, 6.07) is 0. The molecule has 0 bridgehead atoms. The van der Waals surface area contributed by atoms with E-state index in [0.29, 0.717) is 0 Å². The van der Waals surface area contributed by atoms with Crippen molar-refractivity contribution in [3.63, 3.8) is 0 Å². The molecule has 0 spiro atoms. The summed E-state index contributed by atoms with van der Waals surface area (Å²) < 4.78 is 4.28. The van der Waals surface area contributed by atoms with Crippen LogP contribution in [0.5, 0.6) is 0 Å². The number of allylic oxidation sites excluding steroid dienone is 1. The van der Waals surface area contributed by atoms with E-state index in [1.165, 1.54) is 51.8 Å². The zero-order valence-corrected chi connectivity index (χ0v) is 21.0. The third-order valence-electron chi connectivity index (χ3n) is 5.52. The molecule has 0 aliphatic carbocycles. The van der Waals surface area contributed by atoms with Crippen molar-refractivity contribution in [2.24, 2.45) is 0 Å². The molecule has 138 valence electrons. The fraction of sp³-hybridized carbons (Fsp3) is 0.900. The first-order valence-corrected chi connectivity index (χ1v) is 21.3. The molecule has 0 saturated heterocycles. The van der Waals surface area contributed by atoms with Crippen LogP contribution in [0.15, 0.2) is 11.3 Å². The third kappa shape index (κ3) is 8.58.